The summed E-state index contributed by atoms with van der Waals surface area (Å²) in [7, 11) is 1.63. The quantitative estimate of drug-likeness (QED) is 0.375. The van der Waals surface area contributed by atoms with E-state index >= 15 is 0 Å². The van der Waals surface area contributed by atoms with Gasteiger partial charge in [0.15, 0.2) is 11.6 Å². The second-order valence-electron chi connectivity index (χ2n) is 8.30. The Morgan fingerprint density at radius 3 is 2.42 bits per heavy atom. The number of carbonyl (C=O) groups is 1. The summed E-state index contributed by atoms with van der Waals surface area (Å²) in [5.74, 6) is 1.32. The second-order valence-corrected chi connectivity index (χ2v) is 8.30. The minimum atomic E-state index is -0.306. The Hall–Kier alpha value is -3.76. The van der Waals surface area contributed by atoms with Crippen molar-refractivity contribution < 1.29 is 18.3 Å². The van der Waals surface area contributed by atoms with E-state index in [0.29, 0.717) is 44.3 Å². The summed E-state index contributed by atoms with van der Waals surface area (Å²) in [4.78, 5) is 16.7. The third kappa shape index (κ3) is 5.39. The zero-order chi connectivity index (χ0) is 24.2. The number of piperazine rings is 1. The van der Waals surface area contributed by atoms with E-state index in [4.69, 9.17) is 9.15 Å². The van der Waals surface area contributed by atoms with Gasteiger partial charge >= 0.3 is 0 Å². The van der Waals surface area contributed by atoms with Crippen LogP contribution in [-0.2, 0) is 6.54 Å². The first kappa shape index (κ1) is 25.3. The number of ether oxygens (including phenoxy) is 1. The molecule has 9 nitrogen and oxygen atoms in total. The van der Waals surface area contributed by atoms with Gasteiger partial charge in [0.25, 0.3) is 5.91 Å². The highest BCUT2D eigenvalue weighted by atomic mass is 35.5. The average molecular weight is 513 g/mol. The van der Waals surface area contributed by atoms with Gasteiger partial charge in [-0.25, -0.2) is 9.07 Å². The lowest BCUT2D eigenvalue weighted by atomic mass is 10.0. The molecule has 1 fully saturated rings. The van der Waals surface area contributed by atoms with Crippen molar-refractivity contribution in [2.45, 2.75) is 12.6 Å². The van der Waals surface area contributed by atoms with Gasteiger partial charge in [-0.2, -0.15) is 0 Å². The molecule has 0 aliphatic carbocycles. The number of tetrazole rings is 1. The molecular formula is C25H26ClFN6O3. The standard InChI is InChI=1S/C25H25FN6O3.ClH/c1-34-21-10-4-18(5-11-21)17-32-24(27-28-29-32)23(19-6-8-20(26)9-7-19)30-12-14-31(15-13-30)25(33)22-3-2-16-35-22;/h2-11,16,23H,12-15,17H2,1H3;1H. The topological polar surface area (TPSA) is 89.5 Å². The molecule has 36 heavy (non-hydrogen) atoms. The molecule has 1 atom stereocenters. The maximum atomic E-state index is 13.7. The van der Waals surface area contributed by atoms with Gasteiger partial charge in [-0.3, -0.25) is 9.69 Å². The Labute approximate surface area is 213 Å². The summed E-state index contributed by atoms with van der Waals surface area (Å²) in [6.45, 7) is 2.73. The molecule has 5 rings (SSSR count). The summed E-state index contributed by atoms with van der Waals surface area (Å²) in [5.41, 5.74) is 1.90. The summed E-state index contributed by atoms with van der Waals surface area (Å²) < 4.78 is 26.0. The van der Waals surface area contributed by atoms with E-state index in [1.54, 1.807) is 41.0 Å². The molecular weight excluding hydrogens is 487 g/mol. The fourth-order valence-corrected chi connectivity index (χ4v) is 4.33. The van der Waals surface area contributed by atoms with Gasteiger partial charge in [0.05, 0.1) is 26.0 Å². The molecule has 188 valence electrons. The molecule has 4 aromatic rings. The van der Waals surface area contributed by atoms with Gasteiger partial charge in [-0.05, 0) is 58.0 Å². The molecule has 0 spiro atoms. The predicted molar refractivity (Wildman–Crippen MR) is 132 cm³/mol. The number of amides is 1. The minimum Gasteiger partial charge on any atom is -0.497 e. The van der Waals surface area contributed by atoms with Gasteiger partial charge in [0, 0.05) is 26.2 Å². The normalized spacial score (nSPS) is 14.8. The molecule has 3 heterocycles. The number of nitrogens with zero attached hydrogens (tertiary/aromatic N) is 6. The molecule has 1 aliphatic rings. The number of halogens is 2. The fourth-order valence-electron chi connectivity index (χ4n) is 4.33. The highest BCUT2D eigenvalue weighted by molar-refractivity contribution is 5.91. The smallest absolute Gasteiger partial charge is 0.289 e. The van der Waals surface area contributed by atoms with Crippen LogP contribution in [0.4, 0.5) is 4.39 Å². The van der Waals surface area contributed by atoms with E-state index < -0.39 is 0 Å². The highest BCUT2D eigenvalue weighted by Crippen LogP contribution is 2.29. The number of carbonyl (C=O) groups excluding carboxylic acids is 1. The average Bonchev–Trinajstić information content (AvgIpc) is 3.59. The van der Waals surface area contributed by atoms with Crippen LogP contribution in [0, 0.1) is 5.82 Å². The predicted octanol–water partition coefficient (Wildman–Crippen LogP) is 3.43. The first-order valence-corrected chi connectivity index (χ1v) is 11.3. The Morgan fingerprint density at radius 1 is 1.06 bits per heavy atom. The summed E-state index contributed by atoms with van der Waals surface area (Å²) in [6, 6.07) is 17.2. The number of methoxy groups -OCH3 is 1. The van der Waals surface area contributed by atoms with E-state index in [9.17, 15) is 9.18 Å². The van der Waals surface area contributed by atoms with E-state index in [1.165, 1.54) is 18.4 Å². The van der Waals surface area contributed by atoms with Gasteiger partial charge in [-0.15, -0.1) is 17.5 Å². The molecule has 11 heteroatoms. The minimum absolute atomic E-state index is 0. The van der Waals surface area contributed by atoms with Crippen LogP contribution >= 0.6 is 12.4 Å². The van der Waals surface area contributed by atoms with E-state index in [0.717, 1.165) is 16.9 Å². The van der Waals surface area contributed by atoms with E-state index in [1.807, 2.05) is 24.3 Å². The number of hydrogen-bond acceptors (Lipinski definition) is 7. The lowest BCUT2D eigenvalue weighted by molar-refractivity contribution is 0.0559. The Bertz CT molecular complexity index is 1260. The summed E-state index contributed by atoms with van der Waals surface area (Å²) in [6.07, 6.45) is 1.50. The van der Waals surface area contributed by atoms with E-state index in [-0.39, 0.29) is 30.2 Å². The maximum Gasteiger partial charge on any atom is 0.289 e. The van der Waals surface area contributed by atoms with Crippen molar-refractivity contribution in [2.75, 3.05) is 33.3 Å². The van der Waals surface area contributed by atoms with Crippen molar-refractivity contribution in [3.63, 3.8) is 0 Å². The maximum absolute atomic E-state index is 13.7. The van der Waals surface area contributed by atoms with Crippen molar-refractivity contribution in [1.29, 1.82) is 0 Å². The van der Waals surface area contributed by atoms with Gasteiger partial charge in [0.2, 0.25) is 0 Å². The van der Waals surface area contributed by atoms with Crippen molar-refractivity contribution in [3.8, 4) is 5.75 Å². The number of aromatic nitrogens is 4. The molecule has 1 saturated heterocycles. The fraction of sp³-hybridized carbons (Fsp3) is 0.280. The zero-order valence-electron chi connectivity index (χ0n) is 19.7. The molecule has 0 saturated carbocycles. The Balaban J connectivity index is 0.00000304. The first-order valence-electron chi connectivity index (χ1n) is 11.3. The number of furan rings is 1. The molecule has 1 aliphatic heterocycles. The SMILES string of the molecule is COc1ccc(Cn2nnnc2C(c2ccc(F)cc2)N2CCN(C(=O)c3ccco3)CC2)cc1.Cl. The zero-order valence-corrected chi connectivity index (χ0v) is 20.5. The van der Waals surface area contributed by atoms with Crippen molar-refractivity contribution in [2.24, 2.45) is 0 Å². The van der Waals surface area contributed by atoms with Crippen LogP contribution in [0.25, 0.3) is 0 Å². The van der Waals surface area contributed by atoms with Crippen molar-refractivity contribution in [1.82, 2.24) is 30.0 Å². The second kappa shape index (κ2) is 11.3. The largest absolute Gasteiger partial charge is 0.497 e. The number of rotatable bonds is 7. The lowest BCUT2D eigenvalue weighted by Crippen LogP contribution is -2.50. The first-order chi connectivity index (χ1) is 17.1. The summed E-state index contributed by atoms with van der Waals surface area (Å²) in [5, 5.41) is 12.5. The summed E-state index contributed by atoms with van der Waals surface area (Å²) >= 11 is 0. The molecule has 1 unspecified atom stereocenters. The number of benzene rings is 2. The molecule has 0 N–H and O–H groups in total. The van der Waals surface area contributed by atoms with Crippen LogP contribution in [0.1, 0.15) is 33.5 Å². The molecule has 0 bridgehead atoms. The van der Waals surface area contributed by atoms with Crippen LogP contribution in [0.2, 0.25) is 0 Å². The Kier molecular flexibility index (Phi) is 7.97. The third-order valence-corrected chi connectivity index (χ3v) is 6.18. The van der Waals surface area contributed by atoms with Gasteiger partial charge in [0.1, 0.15) is 11.6 Å². The van der Waals surface area contributed by atoms with Gasteiger partial charge < -0.3 is 14.1 Å². The van der Waals surface area contributed by atoms with Crippen LogP contribution in [-0.4, -0.2) is 69.2 Å². The third-order valence-electron chi connectivity index (χ3n) is 6.18. The van der Waals surface area contributed by atoms with E-state index in [2.05, 4.69) is 20.4 Å². The van der Waals surface area contributed by atoms with Gasteiger partial charge in [-0.1, -0.05) is 24.3 Å². The highest BCUT2D eigenvalue weighted by Gasteiger charge is 2.32. The lowest BCUT2D eigenvalue weighted by Gasteiger charge is -2.38. The molecule has 0 radical (unpaired) electrons. The monoisotopic (exact) mass is 512 g/mol. The Morgan fingerprint density at radius 2 is 1.78 bits per heavy atom. The van der Waals surface area contributed by atoms with Crippen LogP contribution in [0.15, 0.2) is 71.3 Å². The molecule has 1 amide bonds. The van der Waals surface area contributed by atoms with Crippen LogP contribution in [0.3, 0.4) is 0 Å². The number of hydrogen-bond donors (Lipinski definition) is 0. The van der Waals surface area contributed by atoms with Crippen molar-refractivity contribution >= 4 is 18.3 Å². The van der Waals surface area contributed by atoms with Crippen LogP contribution < -0.4 is 4.74 Å². The van der Waals surface area contributed by atoms with Crippen LogP contribution in [0.5, 0.6) is 5.75 Å². The van der Waals surface area contributed by atoms with Crippen molar-refractivity contribution in [3.05, 3.63) is 95.5 Å². The molecule has 2 aromatic heterocycles. The molecule has 2 aromatic carbocycles.